The van der Waals surface area contributed by atoms with Crippen molar-refractivity contribution in [1.29, 1.82) is 0 Å². The molecule has 2 amide bonds. The van der Waals surface area contributed by atoms with Crippen LogP contribution in [-0.2, 0) is 9.84 Å². The van der Waals surface area contributed by atoms with Gasteiger partial charge < -0.3 is 10.2 Å². The number of hydrogen-bond donors (Lipinski definition) is 1. The Hall–Kier alpha value is -1.96. The van der Waals surface area contributed by atoms with E-state index < -0.39 is 9.84 Å². The molecule has 0 radical (unpaired) electrons. The monoisotopic (exact) mass is 393 g/mol. The van der Waals surface area contributed by atoms with Crippen LogP contribution in [0.2, 0.25) is 0 Å². The fourth-order valence-electron chi connectivity index (χ4n) is 3.81. The largest absolute Gasteiger partial charge is 0.349 e. The van der Waals surface area contributed by atoms with Gasteiger partial charge >= 0.3 is 0 Å². The van der Waals surface area contributed by atoms with E-state index in [4.69, 9.17) is 0 Å². The highest BCUT2D eigenvalue weighted by atomic mass is 32.2. The number of carbonyl (C=O) groups excluding carboxylic acids is 2. The Balaban J connectivity index is 1.67. The Bertz CT molecular complexity index is 801. The lowest BCUT2D eigenvalue weighted by molar-refractivity contribution is 0.0741. The van der Waals surface area contributed by atoms with Gasteiger partial charge in [0.1, 0.15) is 5.69 Å². The number of sulfone groups is 1. The van der Waals surface area contributed by atoms with Crippen molar-refractivity contribution in [1.82, 2.24) is 15.2 Å². The number of aromatic nitrogens is 1. The lowest BCUT2D eigenvalue weighted by Crippen LogP contribution is -2.38. The normalized spacial score (nSPS) is 22.8. The summed E-state index contributed by atoms with van der Waals surface area (Å²) in [6, 6.07) is 2.93. The quantitative estimate of drug-likeness (QED) is 0.787. The van der Waals surface area contributed by atoms with Crippen LogP contribution >= 0.6 is 0 Å². The number of nitrogens with zero attached hydrogens (tertiary/aromatic N) is 2. The predicted octanol–water partition coefficient (Wildman–Crippen LogP) is 1.79. The highest BCUT2D eigenvalue weighted by Gasteiger charge is 2.33. The van der Waals surface area contributed by atoms with E-state index in [9.17, 15) is 18.0 Å². The molecule has 2 aliphatic rings. The molecule has 1 aromatic heterocycles. The molecule has 148 valence electrons. The van der Waals surface area contributed by atoms with Crippen LogP contribution in [0.4, 0.5) is 0 Å². The first kappa shape index (κ1) is 19.8. The van der Waals surface area contributed by atoms with Gasteiger partial charge in [0.05, 0.1) is 11.5 Å². The first-order valence-corrected chi connectivity index (χ1v) is 11.4. The van der Waals surface area contributed by atoms with Gasteiger partial charge in [0.25, 0.3) is 11.8 Å². The van der Waals surface area contributed by atoms with E-state index in [-0.39, 0.29) is 41.1 Å². The molecule has 7 nitrogen and oxygen atoms in total. The zero-order valence-corrected chi connectivity index (χ0v) is 16.5. The Morgan fingerprint density at radius 3 is 2.48 bits per heavy atom. The minimum Gasteiger partial charge on any atom is -0.349 e. The van der Waals surface area contributed by atoms with E-state index in [0.717, 1.165) is 25.7 Å². The Morgan fingerprint density at radius 1 is 1.15 bits per heavy atom. The van der Waals surface area contributed by atoms with Gasteiger partial charge in [-0.05, 0) is 31.4 Å². The van der Waals surface area contributed by atoms with Gasteiger partial charge in [-0.25, -0.2) is 8.42 Å². The van der Waals surface area contributed by atoms with E-state index in [2.05, 4.69) is 10.3 Å². The highest BCUT2D eigenvalue weighted by Crippen LogP contribution is 2.19. The minimum atomic E-state index is -3.08. The standard InChI is InChI=1S/C19H27N3O4S/c1-22(16-9-11-27(25,26)13-16)19(24)17-12-14(8-10-20-17)18(23)21-15-6-4-2-3-5-7-15/h8,10,12,15-16H,2-7,9,11,13H2,1H3,(H,21,23). The van der Waals surface area contributed by atoms with E-state index in [1.54, 1.807) is 13.1 Å². The second kappa shape index (κ2) is 8.37. The fourth-order valence-corrected chi connectivity index (χ4v) is 5.58. The van der Waals surface area contributed by atoms with E-state index >= 15 is 0 Å². The molecule has 1 aliphatic carbocycles. The van der Waals surface area contributed by atoms with Crippen LogP contribution in [0.25, 0.3) is 0 Å². The lowest BCUT2D eigenvalue weighted by Gasteiger charge is -2.23. The summed E-state index contributed by atoms with van der Waals surface area (Å²) in [5, 5.41) is 3.07. The van der Waals surface area contributed by atoms with Crippen LogP contribution in [0.5, 0.6) is 0 Å². The summed E-state index contributed by atoms with van der Waals surface area (Å²) >= 11 is 0. The van der Waals surface area contributed by atoms with Crippen molar-refractivity contribution in [3.8, 4) is 0 Å². The van der Waals surface area contributed by atoms with Crippen molar-refractivity contribution < 1.29 is 18.0 Å². The number of amides is 2. The maximum Gasteiger partial charge on any atom is 0.272 e. The summed E-state index contributed by atoms with van der Waals surface area (Å²) in [6.07, 6.45) is 8.54. The van der Waals surface area contributed by atoms with Crippen LogP contribution in [0.1, 0.15) is 65.8 Å². The third-order valence-electron chi connectivity index (χ3n) is 5.51. The van der Waals surface area contributed by atoms with Gasteiger partial charge in [-0.3, -0.25) is 14.6 Å². The van der Waals surface area contributed by atoms with Crippen LogP contribution in [0.15, 0.2) is 18.3 Å². The molecular formula is C19H27N3O4S. The summed E-state index contributed by atoms with van der Waals surface area (Å²) in [5.41, 5.74) is 0.570. The molecule has 1 unspecified atom stereocenters. The van der Waals surface area contributed by atoms with Gasteiger partial charge in [0.15, 0.2) is 9.84 Å². The van der Waals surface area contributed by atoms with Gasteiger partial charge in [0, 0.05) is 30.9 Å². The molecule has 1 saturated heterocycles. The zero-order chi connectivity index (χ0) is 19.4. The van der Waals surface area contributed by atoms with Crippen LogP contribution in [0, 0.1) is 0 Å². The molecule has 1 saturated carbocycles. The van der Waals surface area contributed by atoms with Crippen molar-refractivity contribution in [2.75, 3.05) is 18.6 Å². The Kier molecular flexibility index (Phi) is 6.14. The van der Waals surface area contributed by atoms with Crippen molar-refractivity contribution in [3.05, 3.63) is 29.6 Å². The molecule has 1 atom stereocenters. The molecule has 3 rings (SSSR count). The van der Waals surface area contributed by atoms with Crippen LogP contribution < -0.4 is 5.32 Å². The molecule has 0 aromatic carbocycles. The van der Waals surface area contributed by atoms with E-state index in [0.29, 0.717) is 12.0 Å². The predicted molar refractivity (Wildman–Crippen MR) is 102 cm³/mol. The third kappa shape index (κ3) is 5.06. The van der Waals surface area contributed by atoms with Gasteiger partial charge in [0.2, 0.25) is 0 Å². The first-order valence-electron chi connectivity index (χ1n) is 9.60. The number of carbonyl (C=O) groups is 2. The molecule has 27 heavy (non-hydrogen) atoms. The van der Waals surface area contributed by atoms with Crippen molar-refractivity contribution >= 4 is 21.7 Å². The fraction of sp³-hybridized carbons (Fsp3) is 0.632. The third-order valence-corrected chi connectivity index (χ3v) is 7.26. The SMILES string of the molecule is CN(C(=O)c1cc(C(=O)NC2CCCCCC2)ccn1)C1CCS(=O)(=O)C1. The number of nitrogens with one attached hydrogen (secondary N) is 1. The maximum atomic E-state index is 12.7. The smallest absolute Gasteiger partial charge is 0.272 e. The lowest BCUT2D eigenvalue weighted by atomic mass is 10.1. The average molecular weight is 394 g/mol. The number of pyridine rings is 1. The minimum absolute atomic E-state index is 0.0168. The second-order valence-electron chi connectivity index (χ2n) is 7.56. The summed E-state index contributed by atoms with van der Waals surface area (Å²) in [6.45, 7) is 0. The van der Waals surface area contributed by atoms with Gasteiger partial charge in [-0.2, -0.15) is 0 Å². The maximum absolute atomic E-state index is 12.7. The summed E-state index contributed by atoms with van der Waals surface area (Å²) < 4.78 is 23.3. The molecule has 1 aliphatic heterocycles. The molecule has 2 fully saturated rings. The van der Waals surface area contributed by atoms with Crippen LogP contribution in [0.3, 0.4) is 0 Å². The molecule has 0 spiro atoms. The molecule has 8 heteroatoms. The van der Waals surface area contributed by atoms with Crippen molar-refractivity contribution in [2.45, 2.75) is 57.0 Å². The Morgan fingerprint density at radius 2 is 1.85 bits per heavy atom. The average Bonchev–Trinajstić information content (AvgIpc) is 2.84. The topological polar surface area (TPSA) is 96.4 Å². The number of hydrogen-bond acceptors (Lipinski definition) is 5. The zero-order valence-electron chi connectivity index (χ0n) is 15.7. The molecule has 1 N–H and O–H groups in total. The summed E-state index contributed by atoms with van der Waals surface area (Å²) in [4.78, 5) is 30.8. The molecular weight excluding hydrogens is 366 g/mol. The first-order chi connectivity index (χ1) is 12.9. The molecule has 2 heterocycles. The second-order valence-corrected chi connectivity index (χ2v) is 9.79. The summed E-state index contributed by atoms with van der Waals surface area (Å²) in [7, 11) is -1.48. The van der Waals surface area contributed by atoms with E-state index in [1.165, 1.54) is 30.0 Å². The molecule has 1 aromatic rings. The number of rotatable bonds is 4. The van der Waals surface area contributed by atoms with Crippen LogP contribution in [-0.4, -0.2) is 60.8 Å². The highest BCUT2D eigenvalue weighted by molar-refractivity contribution is 7.91. The van der Waals surface area contributed by atoms with Crippen molar-refractivity contribution in [3.63, 3.8) is 0 Å². The van der Waals surface area contributed by atoms with Gasteiger partial charge in [-0.1, -0.05) is 25.7 Å². The van der Waals surface area contributed by atoms with E-state index in [1.807, 2.05) is 0 Å². The van der Waals surface area contributed by atoms with Gasteiger partial charge in [-0.15, -0.1) is 0 Å². The molecule has 0 bridgehead atoms. The Labute approximate surface area is 160 Å². The summed E-state index contributed by atoms with van der Waals surface area (Å²) in [5.74, 6) is -0.463. The van der Waals surface area contributed by atoms with Crippen molar-refractivity contribution in [2.24, 2.45) is 0 Å².